The van der Waals surface area contributed by atoms with Crippen molar-refractivity contribution in [3.63, 3.8) is 0 Å². The van der Waals surface area contributed by atoms with E-state index < -0.39 is 5.92 Å². The predicted octanol–water partition coefficient (Wildman–Crippen LogP) is 6.80. The number of ether oxygens (including phenoxy) is 1. The summed E-state index contributed by atoms with van der Waals surface area (Å²) >= 11 is 0. The van der Waals surface area contributed by atoms with E-state index in [0.29, 0.717) is 17.5 Å². The minimum absolute atomic E-state index is 0.0449. The molecule has 0 atom stereocenters. The Bertz CT molecular complexity index is 1450. The Kier molecular flexibility index (Phi) is 7.31. The van der Waals surface area contributed by atoms with E-state index in [-0.39, 0.29) is 12.0 Å². The van der Waals surface area contributed by atoms with Gasteiger partial charge in [0.15, 0.2) is 5.82 Å². The largest absolute Gasteiger partial charge is 0.460 e. The zero-order chi connectivity index (χ0) is 26.5. The van der Waals surface area contributed by atoms with Gasteiger partial charge >= 0.3 is 6.01 Å². The standard InChI is InChI=1S/C32H30N4O2/c1-22(2)38-32-34-30(26-16-14-23(3)15-17-26)36(35-32)28-20-18-27(19-21-28)33-31(37)29(24-10-6-4-7-11-24)25-12-8-5-9-13-25/h4-22,29H,1-3H3,(H,33,37). The topological polar surface area (TPSA) is 69.0 Å². The Morgan fingerprint density at radius 1 is 0.789 bits per heavy atom. The van der Waals surface area contributed by atoms with Crippen molar-refractivity contribution >= 4 is 11.6 Å². The number of carbonyl (C=O) groups excluding carboxylic acids is 1. The Morgan fingerprint density at radius 3 is 1.92 bits per heavy atom. The van der Waals surface area contributed by atoms with Gasteiger partial charge in [-0.05, 0) is 56.2 Å². The maximum Gasteiger partial charge on any atom is 0.336 e. The average molecular weight is 503 g/mol. The van der Waals surface area contributed by atoms with E-state index in [2.05, 4.69) is 22.3 Å². The first-order valence-corrected chi connectivity index (χ1v) is 12.7. The first-order valence-electron chi connectivity index (χ1n) is 12.7. The number of hydrogen-bond donors (Lipinski definition) is 1. The number of nitrogens with zero attached hydrogens (tertiary/aromatic N) is 3. The van der Waals surface area contributed by atoms with Gasteiger partial charge in [-0.15, -0.1) is 5.10 Å². The van der Waals surface area contributed by atoms with Crippen molar-refractivity contribution in [2.45, 2.75) is 32.8 Å². The molecule has 38 heavy (non-hydrogen) atoms. The van der Waals surface area contributed by atoms with Crippen molar-refractivity contribution in [2.75, 3.05) is 5.32 Å². The number of benzene rings is 4. The molecule has 0 unspecified atom stereocenters. The molecule has 6 heteroatoms. The Balaban J connectivity index is 1.43. The molecule has 0 bridgehead atoms. The number of amides is 1. The van der Waals surface area contributed by atoms with Crippen LogP contribution in [-0.4, -0.2) is 26.8 Å². The van der Waals surface area contributed by atoms with Gasteiger partial charge in [-0.25, -0.2) is 4.68 Å². The molecule has 1 heterocycles. The highest BCUT2D eigenvalue weighted by atomic mass is 16.5. The summed E-state index contributed by atoms with van der Waals surface area (Å²) in [4.78, 5) is 18.1. The monoisotopic (exact) mass is 502 g/mol. The van der Waals surface area contributed by atoms with Crippen LogP contribution < -0.4 is 10.1 Å². The molecule has 1 N–H and O–H groups in total. The van der Waals surface area contributed by atoms with Crippen LogP contribution in [0.15, 0.2) is 109 Å². The lowest BCUT2D eigenvalue weighted by Gasteiger charge is -2.18. The summed E-state index contributed by atoms with van der Waals surface area (Å²) in [6.45, 7) is 5.94. The van der Waals surface area contributed by atoms with Gasteiger partial charge < -0.3 is 10.1 Å². The van der Waals surface area contributed by atoms with Crippen LogP contribution in [0.5, 0.6) is 6.01 Å². The van der Waals surface area contributed by atoms with Crippen LogP contribution in [0, 0.1) is 6.92 Å². The van der Waals surface area contributed by atoms with Crippen LogP contribution in [0.4, 0.5) is 5.69 Å². The van der Waals surface area contributed by atoms with E-state index in [1.54, 1.807) is 4.68 Å². The number of rotatable bonds is 8. The molecule has 0 fully saturated rings. The summed E-state index contributed by atoms with van der Waals surface area (Å²) < 4.78 is 7.56. The minimum Gasteiger partial charge on any atom is -0.460 e. The van der Waals surface area contributed by atoms with Crippen LogP contribution in [0.25, 0.3) is 17.1 Å². The Labute approximate surface area is 223 Å². The molecule has 0 aliphatic heterocycles. The highest BCUT2D eigenvalue weighted by Gasteiger charge is 2.23. The molecule has 1 amide bonds. The van der Waals surface area contributed by atoms with E-state index in [1.807, 2.05) is 123 Å². The molecule has 4 aromatic carbocycles. The Hall–Kier alpha value is -4.71. The molecule has 0 saturated carbocycles. The van der Waals surface area contributed by atoms with E-state index in [0.717, 1.165) is 22.4 Å². The smallest absolute Gasteiger partial charge is 0.336 e. The van der Waals surface area contributed by atoms with Gasteiger partial charge in [0.2, 0.25) is 5.91 Å². The Morgan fingerprint density at radius 2 is 1.37 bits per heavy atom. The molecule has 0 aliphatic rings. The third-order valence-corrected chi connectivity index (χ3v) is 6.15. The third kappa shape index (κ3) is 5.65. The van der Waals surface area contributed by atoms with E-state index >= 15 is 0 Å². The number of anilines is 1. The summed E-state index contributed by atoms with van der Waals surface area (Å²) in [5.41, 5.74) is 5.50. The highest BCUT2D eigenvalue weighted by molar-refractivity contribution is 5.98. The molecule has 6 nitrogen and oxygen atoms in total. The summed E-state index contributed by atoms with van der Waals surface area (Å²) in [5.74, 6) is 0.172. The van der Waals surface area contributed by atoms with Gasteiger partial charge in [0.1, 0.15) is 0 Å². The van der Waals surface area contributed by atoms with Crippen molar-refractivity contribution < 1.29 is 9.53 Å². The second kappa shape index (κ2) is 11.1. The molecule has 0 spiro atoms. The molecular weight excluding hydrogens is 472 g/mol. The lowest BCUT2D eigenvalue weighted by molar-refractivity contribution is -0.116. The second-order valence-electron chi connectivity index (χ2n) is 9.45. The zero-order valence-corrected chi connectivity index (χ0v) is 21.7. The SMILES string of the molecule is Cc1ccc(-c2nc(OC(C)C)nn2-c2ccc(NC(=O)C(c3ccccc3)c3ccccc3)cc2)cc1. The molecule has 0 saturated heterocycles. The molecule has 5 rings (SSSR count). The van der Waals surface area contributed by atoms with Gasteiger partial charge in [-0.1, -0.05) is 90.5 Å². The fourth-order valence-corrected chi connectivity index (χ4v) is 4.31. The average Bonchev–Trinajstić information content (AvgIpc) is 3.34. The lowest BCUT2D eigenvalue weighted by atomic mass is 9.90. The number of carbonyl (C=O) groups is 1. The normalized spacial score (nSPS) is 11.1. The maximum atomic E-state index is 13.5. The highest BCUT2D eigenvalue weighted by Crippen LogP contribution is 2.28. The lowest BCUT2D eigenvalue weighted by Crippen LogP contribution is -2.22. The van der Waals surface area contributed by atoms with Crippen molar-refractivity contribution in [2.24, 2.45) is 0 Å². The minimum atomic E-state index is -0.420. The van der Waals surface area contributed by atoms with Crippen molar-refractivity contribution in [3.05, 3.63) is 126 Å². The molecule has 190 valence electrons. The van der Waals surface area contributed by atoms with E-state index in [4.69, 9.17) is 4.74 Å². The van der Waals surface area contributed by atoms with Crippen LogP contribution in [0.2, 0.25) is 0 Å². The van der Waals surface area contributed by atoms with Gasteiger partial charge in [-0.2, -0.15) is 4.98 Å². The van der Waals surface area contributed by atoms with Crippen LogP contribution >= 0.6 is 0 Å². The van der Waals surface area contributed by atoms with Gasteiger partial charge in [0, 0.05) is 11.3 Å². The first kappa shape index (κ1) is 25.0. The summed E-state index contributed by atoms with van der Waals surface area (Å²) in [7, 11) is 0. The maximum absolute atomic E-state index is 13.5. The first-order chi connectivity index (χ1) is 18.5. The van der Waals surface area contributed by atoms with Gasteiger partial charge in [0.25, 0.3) is 0 Å². The predicted molar refractivity (Wildman–Crippen MR) is 151 cm³/mol. The van der Waals surface area contributed by atoms with Crippen molar-refractivity contribution in [3.8, 4) is 23.1 Å². The van der Waals surface area contributed by atoms with Crippen LogP contribution in [0.1, 0.15) is 36.5 Å². The van der Waals surface area contributed by atoms with Crippen LogP contribution in [-0.2, 0) is 4.79 Å². The molecular formula is C32H30N4O2. The van der Waals surface area contributed by atoms with Crippen molar-refractivity contribution in [1.29, 1.82) is 0 Å². The quantitative estimate of drug-likeness (QED) is 0.253. The third-order valence-electron chi connectivity index (χ3n) is 6.15. The zero-order valence-electron chi connectivity index (χ0n) is 21.7. The molecule has 1 aromatic heterocycles. The van der Waals surface area contributed by atoms with Gasteiger partial charge in [0.05, 0.1) is 17.7 Å². The van der Waals surface area contributed by atoms with E-state index in [1.165, 1.54) is 5.56 Å². The molecule has 0 radical (unpaired) electrons. The number of hydrogen-bond acceptors (Lipinski definition) is 4. The fourth-order valence-electron chi connectivity index (χ4n) is 4.31. The van der Waals surface area contributed by atoms with Crippen LogP contribution in [0.3, 0.4) is 0 Å². The summed E-state index contributed by atoms with van der Waals surface area (Å²) in [5, 5.41) is 7.71. The fraction of sp³-hybridized carbons (Fsp3) is 0.156. The summed E-state index contributed by atoms with van der Waals surface area (Å²) in [6, 6.07) is 35.7. The van der Waals surface area contributed by atoms with E-state index in [9.17, 15) is 4.79 Å². The number of nitrogens with one attached hydrogen (secondary N) is 1. The number of aryl methyl sites for hydroxylation is 1. The summed E-state index contributed by atoms with van der Waals surface area (Å²) in [6.07, 6.45) is -0.0449. The van der Waals surface area contributed by atoms with Gasteiger partial charge in [-0.3, -0.25) is 4.79 Å². The second-order valence-corrected chi connectivity index (χ2v) is 9.45. The molecule has 0 aliphatic carbocycles. The van der Waals surface area contributed by atoms with Crippen molar-refractivity contribution in [1.82, 2.24) is 14.8 Å². The molecule has 5 aromatic rings. The number of aromatic nitrogens is 3.